The second-order valence-electron chi connectivity index (χ2n) is 6.41. The molecular weight excluding hydrogens is 384 g/mol. The molecule has 2 aromatic carbocycles. The van der Waals surface area contributed by atoms with Gasteiger partial charge in [-0.2, -0.15) is 0 Å². The summed E-state index contributed by atoms with van der Waals surface area (Å²) < 4.78 is 27.7. The molecule has 0 aromatic heterocycles. The summed E-state index contributed by atoms with van der Waals surface area (Å²) in [6.07, 6.45) is 1.50. The van der Waals surface area contributed by atoms with Crippen LogP contribution in [0.25, 0.3) is 0 Å². The molecule has 0 bridgehead atoms. The van der Waals surface area contributed by atoms with Gasteiger partial charge < -0.3 is 5.32 Å². The van der Waals surface area contributed by atoms with Gasteiger partial charge in [0, 0.05) is 12.1 Å². The predicted molar refractivity (Wildman–Crippen MR) is 110 cm³/mol. The van der Waals surface area contributed by atoms with Gasteiger partial charge in [-0.05, 0) is 36.2 Å². The number of anilines is 1. The zero-order valence-electron chi connectivity index (χ0n) is 15.4. The summed E-state index contributed by atoms with van der Waals surface area (Å²) in [4.78, 5) is 12.2. The smallest absolute Gasteiger partial charge is 0.266 e. The second kappa shape index (κ2) is 9.06. The van der Waals surface area contributed by atoms with Crippen molar-refractivity contribution in [1.29, 1.82) is 0 Å². The van der Waals surface area contributed by atoms with Crippen molar-refractivity contribution >= 4 is 33.2 Å². The summed E-state index contributed by atoms with van der Waals surface area (Å²) in [6, 6.07) is 12.9. The third kappa shape index (κ3) is 5.11. The first-order valence-electron chi connectivity index (χ1n) is 8.53. The summed E-state index contributed by atoms with van der Waals surface area (Å²) in [7, 11) is -3.98. The Hall–Kier alpha value is -2.31. The topological polar surface area (TPSA) is 66.5 Å². The molecule has 0 saturated carbocycles. The van der Waals surface area contributed by atoms with Crippen LogP contribution in [0.2, 0.25) is 5.02 Å². The Labute approximate surface area is 165 Å². The molecular formula is C20H23ClN2O3S. The minimum absolute atomic E-state index is 0.0559. The Kier molecular flexibility index (Phi) is 7.05. The zero-order valence-corrected chi connectivity index (χ0v) is 16.9. The minimum atomic E-state index is -3.98. The second-order valence-corrected chi connectivity index (χ2v) is 8.65. The standard InChI is InChI=1S/C20H23ClN2O3S/c1-4-12-23(17-8-6-5-7-9-17)27(25,26)19-13-16(10-11-18(19)21)20(24)22-14-15(2)3/h4-11,13,15H,1,12,14H2,2-3H3,(H,22,24). The van der Waals surface area contributed by atoms with Crippen LogP contribution in [0, 0.1) is 5.92 Å². The van der Waals surface area contributed by atoms with Gasteiger partial charge in [-0.25, -0.2) is 8.42 Å². The maximum absolute atomic E-state index is 13.2. The lowest BCUT2D eigenvalue weighted by Gasteiger charge is -2.24. The van der Waals surface area contributed by atoms with Crippen LogP contribution >= 0.6 is 11.6 Å². The number of benzene rings is 2. The van der Waals surface area contributed by atoms with Gasteiger partial charge in [0.15, 0.2) is 0 Å². The van der Waals surface area contributed by atoms with Crippen molar-refractivity contribution in [3.8, 4) is 0 Å². The number of rotatable bonds is 8. The fraction of sp³-hybridized carbons (Fsp3) is 0.250. The molecule has 0 saturated heterocycles. The first-order valence-corrected chi connectivity index (χ1v) is 10.4. The SMILES string of the molecule is C=CCN(c1ccccc1)S(=O)(=O)c1cc(C(=O)NCC(C)C)ccc1Cl. The number of sulfonamides is 1. The molecule has 27 heavy (non-hydrogen) atoms. The molecule has 1 amide bonds. The number of hydrogen-bond donors (Lipinski definition) is 1. The zero-order chi connectivity index (χ0) is 20.0. The van der Waals surface area contributed by atoms with E-state index in [1.54, 1.807) is 30.3 Å². The number of para-hydroxylation sites is 1. The van der Waals surface area contributed by atoms with Crippen molar-refractivity contribution in [2.45, 2.75) is 18.7 Å². The van der Waals surface area contributed by atoms with E-state index in [4.69, 9.17) is 11.6 Å². The Balaban J connectivity index is 2.46. The van der Waals surface area contributed by atoms with Gasteiger partial charge in [-0.3, -0.25) is 9.10 Å². The lowest BCUT2D eigenvalue weighted by atomic mass is 10.2. The van der Waals surface area contributed by atoms with E-state index in [1.807, 2.05) is 13.8 Å². The van der Waals surface area contributed by atoms with Crippen molar-refractivity contribution < 1.29 is 13.2 Å². The number of nitrogens with one attached hydrogen (secondary N) is 1. The summed E-state index contributed by atoms with van der Waals surface area (Å²) in [5, 5.41) is 2.83. The van der Waals surface area contributed by atoms with E-state index in [0.717, 1.165) is 0 Å². The highest BCUT2D eigenvalue weighted by atomic mass is 35.5. The highest BCUT2D eigenvalue weighted by molar-refractivity contribution is 7.93. The maximum Gasteiger partial charge on any atom is 0.266 e. The summed E-state index contributed by atoms with van der Waals surface area (Å²) in [5.41, 5.74) is 0.730. The number of nitrogens with zero attached hydrogens (tertiary/aromatic N) is 1. The van der Waals surface area contributed by atoms with Crippen LogP contribution in [0.15, 0.2) is 66.1 Å². The van der Waals surface area contributed by atoms with Gasteiger partial charge in [0.1, 0.15) is 4.90 Å². The Bertz CT molecular complexity index is 912. The largest absolute Gasteiger partial charge is 0.352 e. The number of carbonyl (C=O) groups excluding carboxylic acids is 1. The van der Waals surface area contributed by atoms with Crippen LogP contribution in [0.3, 0.4) is 0 Å². The van der Waals surface area contributed by atoms with E-state index in [9.17, 15) is 13.2 Å². The Morgan fingerprint density at radius 3 is 2.48 bits per heavy atom. The van der Waals surface area contributed by atoms with Gasteiger partial charge in [-0.15, -0.1) is 6.58 Å². The van der Waals surface area contributed by atoms with Gasteiger partial charge in [0.25, 0.3) is 15.9 Å². The van der Waals surface area contributed by atoms with Crippen molar-refractivity contribution in [3.05, 3.63) is 71.8 Å². The third-order valence-corrected chi connectivity index (χ3v) is 6.05. The lowest BCUT2D eigenvalue weighted by molar-refractivity contribution is 0.0949. The first-order chi connectivity index (χ1) is 12.8. The molecule has 0 radical (unpaired) electrons. The minimum Gasteiger partial charge on any atom is -0.352 e. The molecule has 1 N–H and O–H groups in total. The summed E-state index contributed by atoms with van der Waals surface area (Å²) in [6.45, 7) is 8.17. The van der Waals surface area contributed by atoms with Crippen LogP contribution in [-0.4, -0.2) is 27.4 Å². The van der Waals surface area contributed by atoms with Crippen LogP contribution in [0.1, 0.15) is 24.2 Å². The van der Waals surface area contributed by atoms with E-state index in [1.165, 1.54) is 28.6 Å². The van der Waals surface area contributed by atoms with Gasteiger partial charge >= 0.3 is 0 Å². The van der Waals surface area contributed by atoms with Crippen LogP contribution in [0.4, 0.5) is 5.69 Å². The molecule has 0 spiro atoms. The number of carbonyl (C=O) groups is 1. The molecule has 2 aromatic rings. The number of hydrogen-bond acceptors (Lipinski definition) is 3. The van der Waals surface area contributed by atoms with Crippen molar-refractivity contribution in [2.24, 2.45) is 5.92 Å². The quantitative estimate of drug-likeness (QED) is 0.671. The maximum atomic E-state index is 13.2. The molecule has 0 fully saturated rings. The molecule has 0 unspecified atom stereocenters. The molecule has 0 atom stereocenters. The summed E-state index contributed by atoms with van der Waals surface area (Å²) >= 11 is 6.18. The predicted octanol–water partition coefficient (Wildman–Crippen LogP) is 4.11. The van der Waals surface area contributed by atoms with E-state index in [2.05, 4.69) is 11.9 Å². The van der Waals surface area contributed by atoms with Gasteiger partial charge in [0.05, 0.1) is 17.3 Å². The fourth-order valence-electron chi connectivity index (χ4n) is 2.41. The number of amides is 1. The van der Waals surface area contributed by atoms with Gasteiger partial charge in [-0.1, -0.05) is 49.7 Å². The highest BCUT2D eigenvalue weighted by Crippen LogP contribution is 2.29. The fourth-order valence-corrected chi connectivity index (χ4v) is 4.35. The van der Waals surface area contributed by atoms with Crippen LogP contribution in [0.5, 0.6) is 0 Å². The van der Waals surface area contributed by atoms with Crippen molar-refractivity contribution in [1.82, 2.24) is 5.32 Å². The average Bonchev–Trinajstić information content (AvgIpc) is 2.64. The monoisotopic (exact) mass is 406 g/mol. The Morgan fingerprint density at radius 2 is 1.89 bits per heavy atom. The highest BCUT2D eigenvalue weighted by Gasteiger charge is 2.27. The van der Waals surface area contributed by atoms with E-state index < -0.39 is 10.0 Å². The number of halogens is 1. The molecule has 0 heterocycles. The van der Waals surface area contributed by atoms with Crippen LogP contribution < -0.4 is 9.62 Å². The van der Waals surface area contributed by atoms with E-state index in [0.29, 0.717) is 12.2 Å². The molecule has 0 aliphatic heterocycles. The summed E-state index contributed by atoms with van der Waals surface area (Å²) in [5.74, 6) is -0.0579. The van der Waals surface area contributed by atoms with E-state index >= 15 is 0 Å². The normalized spacial score (nSPS) is 11.3. The molecule has 144 valence electrons. The van der Waals surface area contributed by atoms with Crippen molar-refractivity contribution in [2.75, 3.05) is 17.4 Å². The van der Waals surface area contributed by atoms with E-state index in [-0.39, 0.29) is 33.9 Å². The third-order valence-electron chi connectivity index (χ3n) is 3.77. The van der Waals surface area contributed by atoms with Crippen LogP contribution in [-0.2, 0) is 10.0 Å². The van der Waals surface area contributed by atoms with Gasteiger partial charge in [0.2, 0.25) is 0 Å². The Morgan fingerprint density at radius 1 is 1.22 bits per heavy atom. The molecule has 7 heteroatoms. The van der Waals surface area contributed by atoms with Crippen molar-refractivity contribution in [3.63, 3.8) is 0 Å². The lowest BCUT2D eigenvalue weighted by Crippen LogP contribution is -2.32. The molecule has 2 rings (SSSR count). The molecule has 0 aliphatic rings. The average molecular weight is 407 g/mol. The molecule has 0 aliphatic carbocycles. The molecule has 5 nitrogen and oxygen atoms in total. The first kappa shape index (κ1) is 21.0.